The van der Waals surface area contributed by atoms with Crippen molar-refractivity contribution in [1.82, 2.24) is 14.7 Å². The Kier molecular flexibility index (Phi) is 4.77. The molecule has 0 saturated heterocycles. The predicted molar refractivity (Wildman–Crippen MR) is 79.3 cm³/mol. The summed E-state index contributed by atoms with van der Waals surface area (Å²) in [6.07, 6.45) is 1.58. The van der Waals surface area contributed by atoms with E-state index in [1.165, 1.54) is 4.90 Å². The van der Waals surface area contributed by atoms with Gasteiger partial charge in [-0.1, -0.05) is 0 Å². The molecule has 0 unspecified atom stereocenters. The lowest BCUT2D eigenvalue weighted by atomic mass is 10.3. The molecule has 1 N–H and O–H groups in total. The smallest absolute Gasteiger partial charge is 0.305 e. The minimum absolute atomic E-state index is 0.0958. The number of benzene rings is 1. The molecule has 0 radical (unpaired) electrons. The number of carbonyl (C=O) groups excluding carboxylic acids is 1. The highest BCUT2D eigenvalue weighted by Crippen LogP contribution is 2.14. The van der Waals surface area contributed by atoms with Crippen LogP contribution in [-0.4, -0.2) is 52.4 Å². The SMILES string of the molecule is COc1ccc(-n2ccc(C(=O)N(C)CCC(=O)O)n2)cc1. The largest absolute Gasteiger partial charge is 0.497 e. The number of amides is 1. The van der Waals surface area contributed by atoms with Gasteiger partial charge in [-0.05, 0) is 30.3 Å². The topological polar surface area (TPSA) is 84.7 Å². The Morgan fingerprint density at radius 1 is 1.27 bits per heavy atom. The summed E-state index contributed by atoms with van der Waals surface area (Å²) in [5.41, 5.74) is 1.07. The van der Waals surface area contributed by atoms with Gasteiger partial charge in [0.15, 0.2) is 5.69 Å². The van der Waals surface area contributed by atoms with E-state index in [1.807, 2.05) is 12.1 Å². The molecule has 1 aromatic heterocycles. The summed E-state index contributed by atoms with van der Waals surface area (Å²) in [6.45, 7) is 0.142. The van der Waals surface area contributed by atoms with Gasteiger partial charge in [0.05, 0.1) is 19.2 Å². The fraction of sp³-hybridized carbons (Fsp3) is 0.267. The molecule has 0 spiro atoms. The fourth-order valence-electron chi connectivity index (χ4n) is 1.88. The minimum Gasteiger partial charge on any atom is -0.497 e. The van der Waals surface area contributed by atoms with Crippen LogP contribution in [0.3, 0.4) is 0 Å². The molecule has 1 amide bonds. The van der Waals surface area contributed by atoms with Crippen LogP contribution in [0.25, 0.3) is 5.69 Å². The number of carboxylic acid groups (broad SMARTS) is 1. The summed E-state index contributed by atoms with van der Waals surface area (Å²) >= 11 is 0. The van der Waals surface area contributed by atoms with Gasteiger partial charge in [-0.3, -0.25) is 9.59 Å². The molecule has 2 aromatic rings. The van der Waals surface area contributed by atoms with Crippen molar-refractivity contribution in [3.05, 3.63) is 42.2 Å². The molecule has 0 bridgehead atoms. The molecule has 0 aliphatic heterocycles. The Balaban J connectivity index is 2.09. The summed E-state index contributed by atoms with van der Waals surface area (Å²) in [6, 6.07) is 8.86. The third kappa shape index (κ3) is 3.63. The molecule has 7 nitrogen and oxygen atoms in total. The summed E-state index contributed by atoms with van der Waals surface area (Å²) in [5, 5.41) is 12.9. The highest BCUT2D eigenvalue weighted by atomic mass is 16.5. The second-order valence-electron chi connectivity index (χ2n) is 4.71. The Morgan fingerprint density at radius 2 is 1.95 bits per heavy atom. The number of hydrogen-bond acceptors (Lipinski definition) is 4. The second kappa shape index (κ2) is 6.75. The highest BCUT2D eigenvalue weighted by Gasteiger charge is 2.15. The summed E-state index contributed by atoms with van der Waals surface area (Å²) in [4.78, 5) is 24.0. The molecule has 7 heteroatoms. The lowest BCUT2D eigenvalue weighted by molar-refractivity contribution is -0.137. The van der Waals surface area contributed by atoms with Gasteiger partial charge in [0.1, 0.15) is 5.75 Å². The standard InChI is InChI=1S/C15H17N3O4/c1-17(9-8-14(19)20)15(21)13-7-10-18(16-13)11-3-5-12(22-2)6-4-11/h3-7,10H,8-9H2,1-2H3,(H,19,20). The van der Waals surface area contributed by atoms with Gasteiger partial charge in [-0.15, -0.1) is 0 Å². The lowest BCUT2D eigenvalue weighted by Gasteiger charge is -2.14. The molecule has 22 heavy (non-hydrogen) atoms. The van der Waals surface area contributed by atoms with Crippen molar-refractivity contribution in [2.75, 3.05) is 20.7 Å². The van der Waals surface area contributed by atoms with E-state index in [0.29, 0.717) is 0 Å². The van der Waals surface area contributed by atoms with Gasteiger partial charge in [-0.25, -0.2) is 4.68 Å². The zero-order valence-corrected chi connectivity index (χ0v) is 12.4. The second-order valence-corrected chi connectivity index (χ2v) is 4.71. The number of methoxy groups -OCH3 is 1. The van der Waals surface area contributed by atoms with Gasteiger partial charge in [0, 0.05) is 19.8 Å². The number of nitrogens with zero attached hydrogens (tertiary/aromatic N) is 3. The van der Waals surface area contributed by atoms with Crippen molar-refractivity contribution >= 4 is 11.9 Å². The molecule has 1 heterocycles. The first-order chi connectivity index (χ1) is 10.5. The Hall–Kier alpha value is -2.83. The van der Waals surface area contributed by atoms with Crippen molar-refractivity contribution in [2.24, 2.45) is 0 Å². The van der Waals surface area contributed by atoms with Crippen LogP contribution in [0.15, 0.2) is 36.5 Å². The summed E-state index contributed by atoms with van der Waals surface area (Å²) in [5.74, 6) is -0.516. The van der Waals surface area contributed by atoms with E-state index >= 15 is 0 Å². The fourth-order valence-corrected chi connectivity index (χ4v) is 1.88. The zero-order chi connectivity index (χ0) is 16.1. The van der Waals surface area contributed by atoms with Gasteiger partial charge >= 0.3 is 5.97 Å². The van der Waals surface area contributed by atoms with E-state index in [2.05, 4.69) is 5.10 Å². The van der Waals surface area contributed by atoms with Crippen LogP contribution in [-0.2, 0) is 4.79 Å². The number of aliphatic carboxylic acids is 1. The minimum atomic E-state index is -0.941. The summed E-state index contributed by atoms with van der Waals surface area (Å²) < 4.78 is 6.67. The van der Waals surface area contributed by atoms with Gasteiger partial charge in [0.25, 0.3) is 5.91 Å². The van der Waals surface area contributed by atoms with E-state index in [9.17, 15) is 9.59 Å². The van der Waals surface area contributed by atoms with E-state index in [-0.39, 0.29) is 24.6 Å². The monoisotopic (exact) mass is 303 g/mol. The van der Waals surface area contributed by atoms with Crippen LogP contribution in [0.1, 0.15) is 16.9 Å². The van der Waals surface area contributed by atoms with E-state index in [0.717, 1.165) is 11.4 Å². The van der Waals surface area contributed by atoms with Crippen molar-refractivity contribution in [3.63, 3.8) is 0 Å². The number of rotatable bonds is 6. The van der Waals surface area contributed by atoms with Crippen LogP contribution >= 0.6 is 0 Å². The average molecular weight is 303 g/mol. The first kappa shape index (κ1) is 15.6. The van der Waals surface area contributed by atoms with Crippen LogP contribution in [0, 0.1) is 0 Å². The maximum absolute atomic E-state index is 12.1. The maximum atomic E-state index is 12.1. The first-order valence-corrected chi connectivity index (χ1v) is 6.68. The third-order valence-corrected chi connectivity index (χ3v) is 3.15. The third-order valence-electron chi connectivity index (χ3n) is 3.15. The molecule has 1 aromatic carbocycles. The van der Waals surface area contributed by atoms with Gasteiger partial charge in [0.2, 0.25) is 0 Å². The Bertz CT molecular complexity index is 664. The Labute approximate surface area is 127 Å². The van der Waals surface area contributed by atoms with Crippen molar-refractivity contribution < 1.29 is 19.4 Å². The number of hydrogen-bond donors (Lipinski definition) is 1. The molecular weight excluding hydrogens is 286 g/mol. The molecule has 116 valence electrons. The van der Waals surface area contributed by atoms with Crippen LogP contribution in [0.4, 0.5) is 0 Å². The van der Waals surface area contributed by atoms with Crippen LogP contribution < -0.4 is 4.74 Å². The highest BCUT2D eigenvalue weighted by molar-refractivity contribution is 5.92. The molecular formula is C15H17N3O4. The molecule has 0 fully saturated rings. The van der Waals surface area contributed by atoms with E-state index in [4.69, 9.17) is 9.84 Å². The lowest BCUT2D eigenvalue weighted by Crippen LogP contribution is -2.29. The normalized spacial score (nSPS) is 10.3. The van der Waals surface area contributed by atoms with E-state index in [1.54, 1.807) is 43.2 Å². The number of aromatic nitrogens is 2. The van der Waals surface area contributed by atoms with Crippen LogP contribution in [0.2, 0.25) is 0 Å². The molecule has 0 aliphatic rings. The number of carboxylic acids is 1. The Morgan fingerprint density at radius 3 is 2.55 bits per heavy atom. The quantitative estimate of drug-likeness (QED) is 0.872. The zero-order valence-electron chi connectivity index (χ0n) is 12.4. The summed E-state index contributed by atoms with van der Waals surface area (Å²) in [7, 11) is 3.14. The molecule has 0 saturated carbocycles. The van der Waals surface area contributed by atoms with Crippen molar-refractivity contribution in [3.8, 4) is 11.4 Å². The van der Waals surface area contributed by atoms with Crippen molar-refractivity contribution in [1.29, 1.82) is 0 Å². The first-order valence-electron chi connectivity index (χ1n) is 6.68. The number of ether oxygens (including phenoxy) is 1. The maximum Gasteiger partial charge on any atom is 0.305 e. The van der Waals surface area contributed by atoms with Crippen molar-refractivity contribution in [2.45, 2.75) is 6.42 Å². The molecule has 0 atom stereocenters. The predicted octanol–water partition coefficient (Wildman–Crippen LogP) is 1.43. The van der Waals surface area contributed by atoms with Crippen LogP contribution in [0.5, 0.6) is 5.75 Å². The van der Waals surface area contributed by atoms with Gasteiger partial charge in [-0.2, -0.15) is 5.10 Å². The average Bonchev–Trinajstić information content (AvgIpc) is 3.01. The number of carbonyl (C=O) groups is 2. The molecule has 2 rings (SSSR count). The molecule has 0 aliphatic carbocycles. The van der Waals surface area contributed by atoms with E-state index < -0.39 is 5.97 Å². The van der Waals surface area contributed by atoms with Gasteiger partial charge < -0.3 is 14.7 Å².